The number of rotatable bonds is 9. The normalized spacial score (nSPS) is 11.5. The molecule has 0 bridgehead atoms. The highest BCUT2D eigenvalue weighted by molar-refractivity contribution is 6.15. The van der Waals surface area contributed by atoms with Crippen LogP contribution in [0.5, 0.6) is 0 Å². The van der Waals surface area contributed by atoms with E-state index in [9.17, 15) is 14.4 Å². The van der Waals surface area contributed by atoms with Crippen molar-refractivity contribution in [1.29, 1.82) is 0 Å². The molecule has 20 heavy (non-hydrogen) atoms. The van der Waals surface area contributed by atoms with E-state index in [-0.39, 0.29) is 17.7 Å². The summed E-state index contributed by atoms with van der Waals surface area (Å²) in [4.78, 5) is 36.7. The van der Waals surface area contributed by atoms with Gasteiger partial charge in [0.2, 0.25) is 17.7 Å². The maximum Gasteiger partial charge on any atom is 0.246 e. The average molecular weight is 299 g/mol. The van der Waals surface area contributed by atoms with Crippen LogP contribution in [0.4, 0.5) is 0 Å². The number of hydrogen-bond donors (Lipinski definition) is 3. The summed E-state index contributed by atoms with van der Waals surface area (Å²) in [7, 11) is 0.559. The highest BCUT2D eigenvalue weighted by Crippen LogP contribution is 2.02. The van der Waals surface area contributed by atoms with Crippen molar-refractivity contribution in [2.75, 3.05) is 6.54 Å². The molecule has 114 valence electrons. The lowest BCUT2D eigenvalue weighted by molar-refractivity contribution is -0.127. The minimum atomic E-state index is -0.480. The van der Waals surface area contributed by atoms with Gasteiger partial charge in [0.05, 0.1) is 0 Å². The van der Waals surface area contributed by atoms with Crippen LogP contribution < -0.4 is 15.6 Å². The van der Waals surface area contributed by atoms with E-state index in [2.05, 4.69) is 22.2 Å². The molecule has 6 nitrogen and oxygen atoms in total. The van der Waals surface area contributed by atoms with Crippen LogP contribution in [0.1, 0.15) is 39.5 Å². The molecule has 0 radical (unpaired) electrons. The molecule has 0 aliphatic carbocycles. The number of unbranched alkanes of at least 4 members (excludes halogenated alkanes) is 1. The van der Waals surface area contributed by atoms with Gasteiger partial charge < -0.3 is 15.6 Å². The molecule has 1 atom stereocenters. The summed E-state index contributed by atoms with van der Waals surface area (Å²) in [6.07, 6.45) is 2.71. The van der Waals surface area contributed by atoms with Crippen molar-refractivity contribution in [3.05, 3.63) is 12.2 Å². The Bertz CT molecular complexity index is 372. The Balaban J connectivity index is 3.95. The first-order chi connectivity index (χ1) is 9.42. The molecule has 0 heterocycles. The van der Waals surface area contributed by atoms with Gasteiger partial charge in [0, 0.05) is 19.0 Å². The fraction of sp³-hybridized carbons (Fsp3) is 0.615. The minimum absolute atomic E-state index is 0.122. The van der Waals surface area contributed by atoms with Crippen LogP contribution in [0.2, 0.25) is 0 Å². The van der Waals surface area contributed by atoms with Crippen LogP contribution in [0.3, 0.4) is 0 Å². The largest absolute Gasteiger partial charge is 0.389 e. The molecule has 0 spiro atoms. The summed E-state index contributed by atoms with van der Waals surface area (Å²) in [5.41, 5.74) is 0.566. The van der Waals surface area contributed by atoms with Crippen LogP contribution >= 0.6 is 0 Å². The first-order valence-electron chi connectivity index (χ1n) is 6.87. The van der Waals surface area contributed by atoms with Gasteiger partial charge in [-0.2, -0.15) is 0 Å². The maximum absolute atomic E-state index is 11.6. The van der Waals surface area contributed by atoms with Gasteiger partial charge in [-0.15, -0.1) is 0 Å². The molecule has 0 fully saturated rings. The summed E-state index contributed by atoms with van der Waals surface area (Å²) >= 11 is 0. The zero-order valence-electron chi connectivity index (χ0n) is 12.5. The maximum atomic E-state index is 11.6. The van der Waals surface area contributed by atoms with Gasteiger partial charge in [-0.05, 0) is 25.7 Å². The number of nitrogens with one attached hydrogen (secondary N) is 3. The third kappa shape index (κ3) is 7.73. The first kappa shape index (κ1) is 18.4. The summed E-state index contributed by atoms with van der Waals surface area (Å²) < 4.78 is 0. The number of hydrogen-bond acceptors (Lipinski definition) is 3. The molecule has 0 aromatic carbocycles. The molecule has 3 amide bonds. The molecule has 0 saturated heterocycles. The third-order valence-corrected chi connectivity index (χ3v) is 3.39. The number of amides is 3. The Kier molecular flexibility index (Phi) is 9.36. The van der Waals surface area contributed by atoms with E-state index < -0.39 is 6.04 Å². The van der Waals surface area contributed by atoms with Gasteiger partial charge in [-0.3, -0.25) is 14.4 Å². The molecule has 1 unspecified atom stereocenters. The standard InChI is InChI=1S/C13H25N3O3Si/c1-4-9(2)12(18)14-8-6-5-7-11(13(19)16-20)15-10(3)17/h11H,2,4-8H2,1,3,20H3,(H,14,18)(H,15,17)(H,16,19). The Morgan fingerprint density at radius 1 is 1.25 bits per heavy atom. The lowest BCUT2D eigenvalue weighted by atomic mass is 10.1. The van der Waals surface area contributed by atoms with Crippen molar-refractivity contribution < 1.29 is 14.4 Å². The molecule has 3 N–H and O–H groups in total. The number of carbonyl (C=O) groups excluding carboxylic acids is 3. The molecule has 0 aromatic rings. The summed E-state index contributed by atoms with van der Waals surface area (Å²) in [5.74, 6) is -0.480. The highest BCUT2D eigenvalue weighted by Gasteiger charge is 2.16. The van der Waals surface area contributed by atoms with Crippen molar-refractivity contribution in [2.45, 2.75) is 45.6 Å². The van der Waals surface area contributed by atoms with E-state index in [1.807, 2.05) is 6.92 Å². The molecule has 0 rings (SSSR count). The molecule has 0 aromatic heterocycles. The average Bonchev–Trinajstić information content (AvgIpc) is 2.43. The fourth-order valence-corrected chi connectivity index (χ4v) is 2.00. The van der Waals surface area contributed by atoms with Crippen LogP contribution in [-0.2, 0) is 14.4 Å². The predicted molar refractivity (Wildman–Crippen MR) is 82.0 cm³/mol. The van der Waals surface area contributed by atoms with E-state index in [4.69, 9.17) is 0 Å². The van der Waals surface area contributed by atoms with Crippen LogP contribution in [0, 0.1) is 0 Å². The molecule has 0 saturated carbocycles. The number of carbonyl (C=O) groups is 3. The van der Waals surface area contributed by atoms with Gasteiger partial charge in [0.1, 0.15) is 16.4 Å². The van der Waals surface area contributed by atoms with E-state index >= 15 is 0 Å². The van der Waals surface area contributed by atoms with Crippen molar-refractivity contribution in [3.63, 3.8) is 0 Å². The van der Waals surface area contributed by atoms with E-state index in [0.717, 1.165) is 12.8 Å². The zero-order chi connectivity index (χ0) is 15.5. The quantitative estimate of drug-likeness (QED) is 0.294. The second kappa shape index (κ2) is 10.2. The van der Waals surface area contributed by atoms with Crippen LogP contribution in [0.25, 0.3) is 0 Å². The van der Waals surface area contributed by atoms with Gasteiger partial charge in [0.15, 0.2) is 0 Å². The predicted octanol–water partition coefficient (Wildman–Crippen LogP) is -0.860. The Morgan fingerprint density at radius 3 is 2.40 bits per heavy atom. The third-order valence-electron chi connectivity index (χ3n) is 2.89. The van der Waals surface area contributed by atoms with Crippen LogP contribution in [-0.4, -0.2) is 40.7 Å². The second-order valence-corrected chi connectivity index (χ2v) is 5.08. The lowest BCUT2D eigenvalue weighted by Gasteiger charge is -2.16. The van der Waals surface area contributed by atoms with Crippen molar-refractivity contribution in [2.24, 2.45) is 0 Å². The first-order valence-corrected chi connectivity index (χ1v) is 7.87. The topological polar surface area (TPSA) is 87.3 Å². The minimum Gasteiger partial charge on any atom is -0.389 e. The van der Waals surface area contributed by atoms with E-state index in [1.54, 1.807) is 0 Å². The molecule has 0 aliphatic rings. The Morgan fingerprint density at radius 2 is 1.90 bits per heavy atom. The SMILES string of the molecule is C=C(CC)C(=O)NCCCCC(NC(C)=O)C(=O)N[SiH3]. The Labute approximate surface area is 123 Å². The lowest BCUT2D eigenvalue weighted by Crippen LogP contribution is -2.45. The smallest absolute Gasteiger partial charge is 0.246 e. The monoisotopic (exact) mass is 299 g/mol. The van der Waals surface area contributed by atoms with Gasteiger partial charge in [-0.25, -0.2) is 0 Å². The van der Waals surface area contributed by atoms with Crippen molar-refractivity contribution >= 4 is 28.1 Å². The van der Waals surface area contributed by atoms with Crippen molar-refractivity contribution in [3.8, 4) is 0 Å². The van der Waals surface area contributed by atoms with Crippen molar-refractivity contribution in [1.82, 2.24) is 15.6 Å². The van der Waals surface area contributed by atoms with E-state index in [1.165, 1.54) is 6.92 Å². The van der Waals surface area contributed by atoms with Gasteiger partial charge in [-0.1, -0.05) is 13.5 Å². The summed E-state index contributed by atoms with van der Waals surface area (Å²) in [5, 5.41) is 5.40. The highest BCUT2D eigenvalue weighted by atomic mass is 28.2. The Hall–Kier alpha value is -1.63. The summed E-state index contributed by atoms with van der Waals surface area (Å²) in [6, 6.07) is -0.480. The van der Waals surface area contributed by atoms with Gasteiger partial charge >= 0.3 is 0 Å². The molecular weight excluding hydrogens is 274 g/mol. The fourth-order valence-electron chi connectivity index (χ4n) is 1.65. The van der Waals surface area contributed by atoms with E-state index in [0.29, 0.717) is 35.4 Å². The van der Waals surface area contributed by atoms with Gasteiger partial charge in [0.25, 0.3) is 0 Å². The second-order valence-electron chi connectivity index (χ2n) is 4.58. The molecule has 7 heteroatoms. The van der Waals surface area contributed by atoms with Crippen LogP contribution in [0.15, 0.2) is 12.2 Å². The summed E-state index contributed by atoms with van der Waals surface area (Å²) in [6.45, 7) is 7.48. The molecular formula is C13H25N3O3Si. The molecule has 0 aliphatic heterocycles. The zero-order valence-corrected chi connectivity index (χ0v) is 14.5.